The van der Waals surface area contributed by atoms with E-state index < -0.39 is 11.6 Å². The number of benzene rings is 2. The third-order valence-electron chi connectivity index (χ3n) is 3.24. The van der Waals surface area contributed by atoms with E-state index in [0.717, 1.165) is 11.6 Å². The molecule has 0 radical (unpaired) electrons. The molecule has 2 aromatic carbocycles. The average Bonchev–Trinajstić information content (AvgIpc) is 2.45. The first kappa shape index (κ1) is 14.9. The Labute approximate surface area is 121 Å². The standard InChI is InChI=1S/C16H15ClF2O/c17-14-6-4-11(5-7-14)8-12(10-20)9-13-2-1-3-15(18)16(13)19/h1-7,12,20H,8-10H2. The maximum atomic E-state index is 13.6. The van der Waals surface area contributed by atoms with Crippen molar-refractivity contribution in [2.45, 2.75) is 12.8 Å². The molecule has 1 atom stereocenters. The highest BCUT2D eigenvalue weighted by Gasteiger charge is 2.14. The molecule has 0 spiro atoms. The van der Waals surface area contributed by atoms with Gasteiger partial charge < -0.3 is 5.11 Å². The van der Waals surface area contributed by atoms with Gasteiger partial charge in [-0.25, -0.2) is 8.78 Å². The van der Waals surface area contributed by atoms with Gasteiger partial charge in [-0.2, -0.15) is 0 Å². The Kier molecular flexibility index (Phi) is 5.10. The summed E-state index contributed by atoms with van der Waals surface area (Å²) in [5.41, 5.74) is 1.29. The first-order chi connectivity index (χ1) is 9.60. The van der Waals surface area contributed by atoms with Crippen LogP contribution in [-0.4, -0.2) is 11.7 Å². The lowest BCUT2D eigenvalue weighted by Gasteiger charge is -2.15. The molecule has 0 bridgehead atoms. The zero-order chi connectivity index (χ0) is 14.5. The van der Waals surface area contributed by atoms with Gasteiger partial charge in [0.15, 0.2) is 11.6 Å². The molecule has 2 aromatic rings. The normalized spacial score (nSPS) is 12.4. The van der Waals surface area contributed by atoms with Gasteiger partial charge in [-0.05, 0) is 48.1 Å². The van der Waals surface area contributed by atoms with Crippen molar-refractivity contribution in [1.82, 2.24) is 0 Å². The lowest BCUT2D eigenvalue weighted by molar-refractivity contribution is 0.223. The van der Waals surface area contributed by atoms with Crippen molar-refractivity contribution in [3.63, 3.8) is 0 Å². The van der Waals surface area contributed by atoms with Gasteiger partial charge in [-0.15, -0.1) is 0 Å². The lowest BCUT2D eigenvalue weighted by Crippen LogP contribution is -2.14. The summed E-state index contributed by atoms with van der Waals surface area (Å²) in [7, 11) is 0. The molecule has 0 aliphatic carbocycles. The third kappa shape index (κ3) is 3.78. The quantitative estimate of drug-likeness (QED) is 0.884. The van der Waals surface area contributed by atoms with E-state index in [2.05, 4.69) is 0 Å². The number of aliphatic hydroxyl groups excluding tert-OH is 1. The van der Waals surface area contributed by atoms with Crippen LogP contribution in [0.5, 0.6) is 0 Å². The summed E-state index contributed by atoms with van der Waals surface area (Å²) in [5, 5.41) is 10.1. The minimum atomic E-state index is -0.856. The summed E-state index contributed by atoms with van der Waals surface area (Å²) < 4.78 is 26.8. The Morgan fingerprint density at radius 2 is 1.70 bits per heavy atom. The highest BCUT2D eigenvalue weighted by molar-refractivity contribution is 6.30. The topological polar surface area (TPSA) is 20.2 Å². The molecule has 1 unspecified atom stereocenters. The van der Waals surface area contributed by atoms with Crippen molar-refractivity contribution in [1.29, 1.82) is 0 Å². The van der Waals surface area contributed by atoms with E-state index in [1.54, 1.807) is 18.2 Å². The molecule has 106 valence electrons. The molecule has 1 N–H and O–H groups in total. The van der Waals surface area contributed by atoms with Crippen LogP contribution < -0.4 is 0 Å². The molecule has 0 amide bonds. The summed E-state index contributed by atoms with van der Waals surface area (Å²) in [6, 6.07) is 11.4. The van der Waals surface area contributed by atoms with E-state index in [9.17, 15) is 13.9 Å². The number of aliphatic hydroxyl groups is 1. The molecule has 20 heavy (non-hydrogen) atoms. The predicted octanol–water partition coefficient (Wildman–Crippen LogP) is 4.01. The maximum absolute atomic E-state index is 13.6. The molecule has 1 nitrogen and oxygen atoms in total. The van der Waals surface area contributed by atoms with E-state index in [1.165, 1.54) is 6.07 Å². The van der Waals surface area contributed by atoms with Crippen LogP contribution in [-0.2, 0) is 12.8 Å². The van der Waals surface area contributed by atoms with Crippen molar-refractivity contribution in [3.8, 4) is 0 Å². The van der Waals surface area contributed by atoms with Gasteiger partial charge in [0.2, 0.25) is 0 Å². The van der Waals surface area contributed by atoms with Crippen LogP contribution in [0.15, 0.2) is 42.5 Å². The highest BCUT2D eigenvalue weighted by Crippen LogP contribution is 2.19. The van der Waals surface area contributed by atoms with Gasteiger partial charge in [-0.1, -0.05) is 35.9 Å². The van der Waals surface area contributed by atoms with Crippen LogP contribution in [0.3, 0.4) is 0 Å². The van der Waals surface area contributed by atoms with Crippen molar-refractivity contribution in [2.24, 2.45) is 5.92 Å². The summed E-state index contributed by atoms with van der Waals surface area (Å²) >= 11 is 5.81. The van der Waals surface area contributed by atoms with Crippen molar-refractivity contribution in [3.05, 3.63) is 70.2 Å². The Hall–Kier alpha value is -1.45. The molecule has 0 saturated heterocycles. The molecular formula is C16H15ClF2O. The summed E-state index contributed by atoms with van der Waals surface area (Å²) in [6.07, 6.45) is 0.881. The molecular weight excluding hydrogens is 282 g/mol. The van der Waals surface area contributed by atoms with E-state index in [4.69, 9.17) is 11.6 Å². The maximum Gasteiger partial charge on any atom is 0.162 e. The van der Waals surface area contributed by atoms with Crippen molar-refractivity contribution >= 4 is 11.6 Å². The van der Waals surface area contributed by atoms with E-state index in [-0.39, 0.29) is 18.1 Å². The molecule has 0 fully saturated rings. The van der Waals surface area contributed by atoms with Gasteiger partial charge in [0.05, 0.1) is 0 Å². The fraction of sp³-hybridized carbons (Fsp3) is 0.250. The molecule has 0 saturated carbocycles. The summed E-state index contributed by atoms with van der Waals surface area (Å²) in [5.74, 6) is -1.85. The molecule has 2 rings (SSSR count). The van der Waals surface area contributed by atoms with Crippen LogP contribution in [0, 0.1) is 17.6 Å². The first-order valence-corrected chi connectivity index (χ1v) is 6.76. The van der Waals surface area contributed by atoms with E-state index in [1.807, 2.05) is 12.1 Å². The molecule has 0 aromatic heterocycles. The van der Waals surface area contributed by atoms with Crippen LogP contribution >= 0.6 is 11.6 Å². The second-order valence-electron chi connectivity index (χ2n) is 4.80. The van der Waals surface area contributed by atoms with Gasteiger partial charge in [-0.3, -0.25) is 0 Å². The van der Waals surface area contributed by atoms with Gasteiger partial charge in [0.25, 0.3) is 0 Å². The van der Waals surface area contributed by atoms with E-state index >= 15 is 0 Å². The summed E-state index contributed by atoms with van der Waals surface area (Å²) in [6.45, 7) is -0.0847. The van der Waals surface area contributed by atoms with Gasteiger partial charge >= 0.3 is 0 Å². The van der Waals surface area contributed by atoms with Crippen LogP contribution in [0.2, 0.25) is 5.02 Å². The van der Waals surface area contributed by atoms with Gasteiger partial charge in [0, 0.05) is 11.6 Å². The minimum Gasteiger partial charge on any atom is -0.396 e. The van der Waals surface area contributed by atoms with Gasteiger partial charge in [0.1, 0.15) is 0 Å². The second-order valence-corrected chi connectivity index (χ2v) is 5.23. The average molecular weight is 297 g/mol. The minimum absolute atomic E-state index is 0.0847. The Bertz CT molecular complexity index is 569. The number of halogens is 3. The molecule has 0 aliphatic heterocycles. The highest BCUT2D eigenvalue weighted by atomic mass is 35.5. The summed E-state index contributed by atoms with van der Waals surface area (Å²) in [4.78, 5) is 0. The molecule has 0 heterocycles. The second kappa shape index (κ2) is 6.82. The smallest absolute Gasteiger partial charge is 0.162 e. The van der Waals surface area contributed by atoms with E-state index in [0.29, 0.717) is 17.9 Å². The lowest BCUT2D eigenvalue weighted by atomic mass is 9.93. The number of hydrogen-bond acceptors (Lipinski definition) is 1. The third-order valence-corrected chi connectivity index (χ3v) is 3.49. The zero-order valence-corrected chi connectivity index (χ0v) is 11.6. The fourth-order valence-electron chi connectivity index (χ4n) is 2.17. The van der Waals surface area contributed by atoms with Crippen LogP contribution in [0.1, 0.15) is 11.1 Å². The molecule has 0 aliphatic rings. The first-order valence-electron chi connectivity index (χ1n) is 6.38. The predicted molar refractivity (Wildman–Crippen MR) is 75.8 cm³/mol. The zero-order valence-electron chi connectivity index (χ0n) is 10.8. The van der Waals surface area contributed by atoms with Crippen LogP contribution in [0.25, 0.3) is 0 Å². The Morgan fingerprint density at radius 1 is 1.00 bits per heavy atom. The van der Waals surface area contributed by atoms with Crippen molar-refractivity contribution in [2.75, 3.05) is 6.61 Å². The number of rotatable bonds is 5. The SMILES string of the molecule is OCC(Cc1ccc(Cl)cc1)Cc1cccc(F)c1F. The fourth-order valence-corrected chi connectivity index (χ4v) is 2.30. The Morgan fingerprint density at radius 3 is 2.35 bits per heavy atom. The van der Waals surface area contributed by atoms with Crippen molar-refractivity contribution < 1.29 is 13.9 Å². The largest absolute Gasteiger partial charge is 0.396 e. The monoisotopic (exact) mass is 296 g/mol. The van der Waals surface area contributed by atoms with Crippen LogP contribution in [0.4, 0.5) is 8.78 Å². The Balaban J connectivity index is 2.09. The molecule has 4 heteroatoms. The number of hydrogen-bond donors (Lipinski definition) is 1.